The smallest absolute Gasteiger partial charge is 0.256 e. The van der Waals surface area contributed by atoms with Gasteiger partial charge in [-0.25, -0.2) is 0 Å². The number of rotatable bonds is 14. The van der Waals surface area contributed by atoms with Crippen molar-refractivity contribution in [2.24, 2.45) is 0 Å². The topological polar surface area (TPSA) is 215 Å². The fourth-order valence-corrected chi connectivity index (χ4v) is 3.47. The summed E-state index contributed by atoms with van der Waals surface area (Å²) in [5.74, 6) is -3.26. The number of carbonyl (C=O) groups is 3. The molecular formula is C17H28N2O11S2. The molecule has 184 valence electrons. The number of aliphatic hydroxyl groups is 6. The molecule has 2 amide bonds. The van der Waals surface area contributed by atoms with Crippen LogP contribution in [0.5, 0.6) is 0 Å². The number of aliphatic hydroxyl groups excluding tert-OH is 6. The van der Waals surface area contributed by atoms with E-state index in [4.69, 9.17) is 4.74 Å². The lowest BCUT2D eigenvalue weighted by Gasteiger charge is -2.23. The van der Waals surface area contributed by atoms with Gasteiger partial charge in [-0.1, -0.05) is 10.8 Å². The maximum absolute atomic E-state index is 12.3. The minimum absolute atomic E-state index is 0.0180. The van der Waals surface area contributed by atoms with Crippen molar-refractivity contribution in [1.82, 2.24) is 10.6 Å². The van der Waals surface area contributed by atoms with Gasteiger partial charge in [0, 0.05) is 33.3 Å². The first-order valence-electron chi connectivity index (χ1n) is 8.97. The number of ether oxygens (including phenoxy) is 2. The van der Waals surface area contributed by atoms with Crippen LogP contribution in [0.4, 0.5) is 0 Å². The van der Waals surface area contributed by atoms with Crippen LogP contribution in [0.15, 0.2) is 22.8 Å². The molecule has 15 heteroatoms. The molecule has 0 heterocycles. The first kappa shape index (κ1) is 30.1. The van der Waals surface area contributed by atoms with Gasteiger partial charge in [0.15, 0.2) is 17.2 Å². The molecule has 0 rings (SSSR count). The predicted octanol–water partition coefficient (Wildman–Crippen LogP) is -2.16. The zero-order valence-electron chi connectivity index (χ0n) is 17.6. The molecule has 0 saturated heterocycles. The highest BCUT2D eigenvalue weighted by Crippen LogP contribution is 2.21. The summed E-state index contributed by atoms with van der Waals surface area (Å²) in [7, 11) is 3.18. The predicted molar refractivity (Wildman–Crippen MR) is 115 cm³/mol. The third-order valence-electron chi connectivity index (χ3n) is 3.39. The normalized spacial score (nSPS) is 15.6. The Balaban J connectivity index is 5.69. The van der Waals surface area contributed by atoms with Crippen LogP contribution in [0.3, 0.4) is 0 Å². The van der Waals surface area contributed by atoms with Crippen LogP contribution in [0, 0.1) is 0 Å². The van der Waals surface area contributed by atoms with Gasteiger partial charge < -0.3 is 50.7 Å². The molecule has 32 heavy (non-hydrogen) atoms. The van der Waals surface area contributed by atoms with E-state index in [1.807, 2.05) is 0 Å². The molecule has 0 aromatic heterocycles. The molecule has 13 nitrogen and oxygen atoms in total. The number of carbonyl (C=O) groups excluding carboxylic acids is 3. The van der Waals surface area contributed by atoms with Gasteiger partial charge in [0.2, 0.25) is 5.91 Å². The SMILES string of the molecule is COC(O)/C(NC(C)=O)=C(/CO)OC(O)/C(O)=C(/C(=O)NCCSSC(C)=O)C(O)CO. The standard InChI is InChI=1S/C17H28N2O11S2/c1-8(22)19-13(16(27)29-3)11(7-21)30-17(28)14(25)12(10(24)6-20)15(26)18-4-5-31-32-9(2)23/h10,16-17,20-21,24-25,27-28H,4-7H2,1-3H3,(H,18,26)(H,19,22)/b13-11+,14-12-. The Morgan fingerprint density at radius 2 is 1.69 bits per heavy atom. The molecule has 0 aliphatic heterocycles. The van der Waals surface area contributed by atoms with E-state index >= 15 is 0 Å². The third-order valence-corrected chi connectivity index (χ3v) is 5.67. The number of nitrogens with one attached hydrogen (secondary N) is 2. The highest BCUT2D eigenvalue weighted by Gasteiger charge is 2.29. The Kier molecular flexibility index (Phi) is 15.0. The van der Waals surface area contributed by atoms with Gasteiger partial charge in [-0.3, -0.25) is 14.4 Å². The average molecular weight is 501 g/mol. The second kappa shape index (κ2) is 15.9. The number of amides is 2. The van der Waals surface area contributed by atoms with Crippen molar-refractivity contribution >= 4 is 38.5 Å². The van der Waals surface area contributed by atoms with Crippen LogP contribution < -0.4 is 10.6 Å². The highest BCUT2D eigenvalue weighted by atomic mass is 33.1. The van der Waals surface area contributed by atoms with Crippen molar-refractivity contribution in [1.29, 1.82) is 0 Å². The second-order valence-electron chi connectivity index (χ2n) is 5.88. The highest BCUT2D eigenvalue weighted by molar-refractivity contribution is 8.82. The Hall–Kier alpha value is -1.85. The molecule has 8 N–H and O–H groups in total. The number of hydrogen-bond donors (Lipinski definition) is 8. The second-order valence-corrected chi connectivity index (χ2v) is 8.48. The monoisotopic (exact) mass is 500 g/mol. The third kappa shape index (κ3) is 10.6. The minimum Gasteiger partial charge on any atom is -0.506 e. The molecule has 0 fully saturated rings. The van der Waals surface area contributed by atoms with Crippen molar-refractivity contribution in [3.8, 4) is 0 Å². The lowest BCUT2D eigenvalue weighted by Crippen LogP contribution is -2.37. The summed E-state index contributed by atoms with van der Waals surface area (Å²) in [6, 6.07) is 0. The van der Waals surface area contributed by atoms with Gasteiger partial charge in [0.05, 0.1) is 12.2 Å². The number of hydrogen-bond acceptors (Lipinski definition) is 13. The molecule has 0 aromatic carbocycles. The van der Waals surface area contributed by atoms with Gasteiger partial charge in [0.1, 0.15) is 24.2 Å². The summed E-state index contributed by atoms with van der Waals surface area (Å²) in [6.07, 6.45) is -6.04. The van der Waals surface area contributed by atoms with E-state index in [9.17, 15) is 45.0 Å². The maximum atomic E-state index is 12.3. The molecule has 3 atom stereocenters. The van der Waals surface area contributed by atoms with E-state index in [-0.39, 0.29) is 11.7 Å². The molecular weight excluding hydrogens is 472 g/mol. The molecule has 0 radical (unpaired) electrons. The van der Waals surface area contributed by atoms with Crippen molar-refractivity contribution in [2.45, 2.75) is 32.5 Å². The zero-order valence-corrected chi connectivity index (χ0v) is 19.2. The molecule has 3 unspecified atom stereocenters. The fraction of sp³-hybridized carbons (Fsp3) is 0.588. The van der Waals surface area contributed by atoms with Gasteiger partial charge >= 0.3 is 0 Å². The average Bonchev–Trinajstić information content (AvgIpc) is 2.74. The quantitative estimate of drug-likeness (QED) is 0.0420. The summed E-state index contributed by atoms with van der Waals surface area (Å²) in [5.41, 5.74) is -1.31. The summed E-state index contributed by atoms with van der Waals surface area (Å²) in [4.78, 5) is 34.5. The Morgan fingerprint density at radius 3 is 2.16 bits per heavy atom. The summed E-state index contributed by atoms with van der Waals surface area (Å²) in [5, 5.41) is 63.1. The molecule has 0 aliphatic rings. The summed E-state index contributed by atoms with van der Waals surface area (Å²) >= 11 is 0. The van der Waals surface area contributed by atoms with E-state index in [0.717, 1.165) is 35.6 Å². The summed E-state index contributed by atoms with van der Waals surface area (Å²) < 4.78 is 9.58. The fourth-order valence-electron chi connectivity index (χ4n) is 2.04. The van der Waals surface area contributed by atoms with Crippen LogP contribution in [0.25, 0.3) is 0 Å². The van der Waals surface area contributed by atoms with Crippen molar-refractivity contribution < 1.29 is 54.5 Å². The van der Waals surface area contributed by atoms with E-state index < -0.39 is 66.5 Å². The molecule has 0 saturated carbocycles. The summed E-state index contributed by atoms with van der Waals surface area (Å²) in [6.45, 7) is 0.501. The Bertz CT molecular complexity index is 715. The van der Waals surface area contributed by atoms with E-state index in [1.165, 1.54) is 6.92 Å². The van der Waals surface area contributed by atoms with Crippen molar-refractivity contribution in [3.63, 3.8) is 0 Å². The van der Waals surface area contributed by atoms with Crippen LogP contribution in [0.1, 0.15) is 13.8 Å². The van der Waals surface area contributed by atoms with E-state index in [2.05, 4.69) is 15.4 Å². The van der Waals surface area contributed by atoms with Gasteiger partial charge in [-0.15, -0.1) is 0 Å². The molecule has 0 bridgehead atoms. The number of methoxy groups -OCH3 is 1. The van der Waals surface area contributed by atoms with Gasteiger partial charge in [-0.05, 0) is 10.8 Å². The van der Waals surface area contributed by atoms with Crippen molar-refractivity contribution in [3.05, 3.63) is 22.8 Å². The van der Waals surface area contributed by atoms with Crippen LogP contribution in [-0.4, -0.2) is 98.9 Å². The van der Waals surface area contributed by atoms with Gasteiger partial charge in [-0.2, -0.15) is 0 Å². The first-order valence-corrected chi connectivity index (χ1v) is 11.3. The molecule has 0 aliphatic carbocycles. The largest absolute Gasteiger partial charge is 0.506 e. The Labute approximate surface area is 191 Å². The Morgan fingerprint density at radius 1 is 1.06 bits per heavy atom. The van der Waals surface area contributed by atoms with Crippen LogP contribution in [-0.2, 0) is 23.9 Å². The van der Waals surface area contributed by atoms with Gasteiger partial charge in [0.25, 0.3) is 12.2 Å². The molecule has 0 aromatic rings. The van der Waals surface area contributed by atoms with Crippen LogP contribution >= 0.6 is 21.6 Å². The zero-order chi connectivity index (χ0) is 24.8. The van der Waals surface area contributed by atoms with E-state index in [0.29, 0.717) is 5.75 Å². The minimum atomic E-state index is -2.35. The lowest BCUT2D eigenvalue weighted by atomic mass is 10.1. The maximum Gasteiger partial charge on any atom is 0.256 e. The van der Waals surface area contributed by atoms with Crippen molar-refractivity contribution in [2.75, 3.05) is 32.6 Å². The first-order chi connectivity index (χ1) is 15.0. The van der Waals surface area contributed by atoms with Crippen LogP contribution in [0.2, 0.25) is 0 Å². The molecule has 0 spiro atoms. The lowest BCUT2D eigenvalue weighted by molar-refractivity contribution is -0.121. The van der Waals surface area contributed by atoms with E-state index in [1.54, 1.807) is 0 Å².